The van der Waals surface area contributed by atoms with Gasteiger partial charge in [-0.3, -0.25) is 9.69 Å². The molecule has 1 saturated heterocycles. The Balaban J connectivity index is 1.59. The van der Waals surface area contributed by atoms with Gasteiger partial charge >= 0.3 is 0 Å². The standard InChI is InChI=1S/C23H14Br2ClNO2S2/c24-16-3-8-19(9-4-16)27-22(28)21(31-23(27)30)12-15-11-17(25)5-10-20(15)29-13-14-1-6-18(26)7-2-14/h1-12H,13H2/b21-12+. The Morgan fingerprint density at radius 3 is 2.39 bits per heavy atom. The first kappa shape index (κ1) is 22.6. The lowest BCUT2D eigenvalue weighted by molar-refractivity contribution is -0.113. The summed E-state index contributed by atoms with van der Waals surface area (Å²) in [5.41, 5.74) is 2.53. The number of amides is 1. The highest BCUT2D eigenvalue weighted by Gasteiger charge is 2.33. The lowest BCUT2D eigenvalue weighted by Gasteiger charge is -2.14. The smallest absolute Gasteiger partial charge is 0.270 e. The number of hydrogen-bond acceptors (Lipinski definition) is 4. The summed E-state index contributed by atoms with van der Waals surface area (Å²) in [6.45, 7) is 0.388. The fourth-order valence-electron chi connectivity index (χ4n) is 2.93. The minimum Gasteiger partial charge on any atom is -0.488 e. The number of halogens is 3. The Bertz CT molecular complexity index is 1180. The van der Waals surface area contributed by atoms with Crippen molar-refractivity contribution in [3.63, 3.8) is 0 Å². The molecule has 3 aromatic rings. The van der Waals surface area contributed by atoms with E-state index in [2.05, 4.69) is 31.9 Å². The first-order valence-corrected chi connectivity index (χ1v) is 12.3. The van der Waals surface area contributed by atoms with E-state index >= 15 is 0 Å². The number of benzene rings is 3. The van der Waals surface area contributed by atoms with Crippen LogP contribution in [0.5, 0.6) is 5.75 Å². The molecule has 0 bridgehead atoms. The highest BCUT2D eigenvalue weighted by atomic mass is 79.9. The summed E-state index contributed by atoms with van der Waals surface area (Å²) in [5, 5.41) is 0.681. The van der Waals surface area contributed by atoms with Crippen LogP contribution in [0.2, 0.25) is 5.02 Å². The lowest BCUT2D eigenvalue weighted by atomic mass is 10.1. The molecule has 1 fully saturated rings. The van der Waals surface area contributed by atoms with Crippen molar-refractivity contribution in [2.75, 3.05) is 4.90 Å². The Hall–Kier alpha value is -1.64. The van der Waals surface area contributed by atoms with E-state index in [4.69, 9.17) is 28.6 Å². The van der Waals surface area contributed by atoms with Gasteiger partial charge in [0.1, 0.15) is 12.4 Å². The zero-order valence-electron chi connectivity index (χ0n) is 15.8. The fraction of sp³-hybridized carbons (Fsp3) is 0.0435. The van der Waals surface area contributed by atoms with Crippen molar-refractivity contribution in [1.82, 2.24) is 0 Å². The highest BCUT2D eigenvalue weighted by Crippen LogP contribution is 2.38. The molecule has 1 aliphatic heterocycles. The lowest BCUT2D eigenvalue weighted by Crippen LogP contribution is -2.27. The summed E-state index contributed by atoms with van der Waals surface area (Å²) in [4.78, 5) is 15.2. The van der Waals surface area contributed by atoms with Crippen LogP contribution in [-0.2, 0) is 11.4 Å². The number of carbonyl (C=O) groups excluding carboxylic acids is 1. The van der Waals surface area contributed by atoms with Crippen LogP contribution in [0.4, 0.5) is 5.69 Å². The van der Waals surface area contributed by atoms with E-state index in [-0.39, 0.29) is 5.91 Å². The van der Waals surface area contributed by atoms with Gasteiger partial charge in [0.05, 0.1) is 10.6 Å². The van der Waals surface area contributed by atoms with Crippen LogP contribution in [0, 0.1) is 0 Å². The monoisotopic (exact) mass is 593 g/mol. The molecule has 0 saturated carbocycles. The normalized spacial score (nSPS) is 15.1. The summed E-state index contributed by atoms with van der Waals surface area (Å²) in [5.74, 6) is 0.521. The van der Waals surface area contributed by atoms with Gasteiger partial charge in [0.25, 0.3) is 5.91 Å². The summed E-state index contributed by atoms with van der Waals surface area (Å²) < 4.78 is 8.36. The average molecular weight is 596 g/mol. The fourth-order valence-corrected chi connectivity index (χ4v) is 4.99. The van der Waals surface area contributed by atoms with Crippen LogP contribution in [-0.4, -0.2) is 10.2 Å². The number of anilines is 1. The van der Waals surface area contributed by atoms with Gasteiger partial charge in [-0.25, -0.2) is 0 Å². The van der Waals surface area contributed by atoms with Gasteiger partial charge in [-0.2, -0.15) is 0 Å². The van der Waals surface area contributed by atoms with E-state index in [0.717, 1.165) is 25.8 Å². The van der Waals surface area contributed by atoms with E-state index in [9.17, 15) is 4.79 Å². The van der Waals surface area contributed by atoms with Gasteiger partial charge in [-0.1, -0.05) is 79.6 Å². The summed E-state index contributed by atoms with van der Waals surface area (Å²) in [7, 11) is 0. The van der Waals surface area contributed by atoms with Gasteiger partial charge in [-0.05, 0) is 66.2 Å². The topological polar surface area (TPSA) is 29.5 Å². The molecule has 0 atom stereocenters. The number of thiocarbonyl (C=S) groups is 1. The first-order valence-electron chi connectivity index (χ1n) is 9.11. The van der Waals surface area contributed by atoms with Gasteiger partial charge in [0.2, 0.25) is 0 Å². The van der Waals surface area contributed by atoms with Crippen molar-refractivity contribution in [1.29, 1.82) is 0 Å². The number of thioether (sulfide) groups is 1. The van der Waals surface area contributed by atoms with Crippen molar-refractivity contribution in [3.05, 3.63) is 96.7 Å². The van der Waals surface area contributed by atoms with Crippen LogP contribution < -0.4 is 9.64 Å². The molecule has 3 aromatic carbocycles. The Kier molecular flexibility index (Phi) is 7.19. The second kappa shape index (κ2) is 9.88. The minimum atomic E-state index is -0.152. The molecule has 0 N–H and O–H groups in total. The SMILES string of the molecule is O=C1/C(=C\c2cc(Br)ccc2OCc2ccc(Cl)cc2)SC(=S)N1c1ccc(Br)cc1. The third-order valence-corrected chi connectivity index (χ3v) is 7.02. The second-order valence-electron chi connectivity index (χ2n) is 6.59. The molecule has 4 rings (SSSR count). The minimum absolute atomic E-state index is 0.152. The van der Waals surface area contributed by atoms with Crippen molar-refractivity contribution < 1.29 is 9.53 Å². The number of nitrogens with zero attached hydrogens (tertiary/aromatic N) is 1. The largest absolute Gasteiger partial charge is 0.488 e. The molecule has 3 nitrogen and oxygen atoms in total. The first-order chi connectivity index (χ1) is 14.9. The molecule has 0 radical (unpaired) electrons. The molecule has 1 heterocycles. The maximum absolute atomic E-state index is 13.1. The molecular weight excluding hydrogens is 582 g/mol. The predicted octanol–water partition coefficient (Wildman–Crippen LogP) is 7.85. The average Bonchev–Trinajstić information content (AvgIpc) is 3.02. The number of hydrogen-bond donors (Lipinski definition) is 0. The van der Waals surface area contributed by atoms with Crippen molar-refractivity contribution in [2.24, 2.45) is 0 Å². The third-order valence-electron chi connectivity index (χ3n) is 4.44. The van der Waals surface area contributed by atoms with Gasteiger partial charge < -0.3 is 4.74 Å². The van der Waals surface area contributed by atoms with Gasteiger partial charge in [0, 0.05) is 19.5 Å². The van der Waals surface area contributed by atoms with Crippen LogP contribution in [0.25, 0.3) is 6.08 Å². The van der Waals surface area contributed by atoms with Gasteiger partial charge in [0.15, 0.2) is 4.32 Å². The van der Waals surface area contributed by atoms with E-state index < -0.39 is 0 Å². The van der Waals surface area contributed by atoms with Crippen LogP contribution in [0.3, 0.4) is 0 Å². The van der Waals surface area contributed by atoms with Gasteiger partial charge in [-0.15, -0.1) is 0 Å². The molecule has 31 heavy (non-hydrogen) atoms. The molecule has 0 aromatic heterocycles. The molecule has 8 heteroatoms. The highest BCUT2D eigenvalue weighted by molar-refractivity contribution is 9.10. The van der Waals surface area contributed by atoms with Crippen LogP contribution >= 0.6 is 67.4 Å². The molecular formula is C23H14Br2ClNO2S2. The molecule has 0 aliphatic carbocycles. The zero-order valence-corrected chi connectivity index (χ0v) is 21.4. The molecule has 1 aliphatic rings. The predicted molar refractivity (Wildman–Crippen MR) is 140 cm³/mol. The molecule has 0 unspecified atom stereocenters. The molecule has 1 amide bonds. The maximum Gasteiger partial charge on any atom is 0.270 e. The zero-order chi connectivity index (χ0) is 22.0. The van der Waals surface area contributed by atoms with E-state index in [1.807, 2.05) is 72.8 Å². The van der Waals surface area contributed by atoms with Crippen molar-refractivity contribution >= 4 is 89.4 Å². The van der Waals surface area contributed by atoms with Crippen LogP contribution in [0.1, 0.15) is 11.1 Å². The summed E-state index contributed by atoms with van der Waals surface area (Å²) in [6.07, 6.45) is 1.82. The number of rotatable bonds is 5. The maximum atomic E-state index is 13.1. The van der Waals surface area contributed by atoms with Crippen molar-refractivity contribution in [3.8, 4) is 5.75 Å². The summed E-state index contributed by atoms with van der Waals surface area (Å²) in [6, 6.07) is 20.7. The Morgan fingerprint density at radius 1 is 1.00 bits per heavy atom. The third kappa shape index (κ3) is 5.41. The number of carbonyl (C=O) groups is 1. The quantitative estimate of drug-likeness (QED) is 0.222. The second-order valence-corrected chi connectivity index (χ2v) is 10.5. The van der Waals surface area contributed by atoms with E-state index in [1.54, 1.807) is 4.90 Å². The molecule has 0 spiro atoms. The Labute approximate surface area is 211 Å². The van der Waals surface area contributed by atoms with E-state index in [0.29, 0.717) is 26.6 Å². The van der Waals surface area contributed by atoms with Crippen molar-refractivity contribution in [2.45, 2.75) is 6.61 Å². The Morgan fingerprint density at radius 2 is 1.68 bits per heavy atom. The van der Waals surface area contributed by atoms with E-state index in [1.165, 1.54) is 11.8 Å². The van der Waals surface area contributed by atoms with Crippen LogP contribution in [0.15, 0.2) is 80.6 Å². The number of ether oxygens (including phenoxy) is 1. The molecule has 156 valence electrons. The summed E-state index contributed by atoms with van der Waals surface area (Å²) >= 11 is 19.6.